The summed E-state index contributed by atoms with van der Waals surface area (Å²) in [7, 11) is 0. The molecule has 0 heterocycles. The highest BCUT2D eigenvalue weighted by atomic mass is 16.1. The number of carbonyl (C=O) groups excluding carboxylic acids is 2. The highest BCUT2D eigenvalue weighted by Gasteiger charge is 2.23. The highest BCUT2D eigenvalue weighted by Crippen LogP contribution is 2.22. The maximum Gasteiger partial charge on any atom is 0.193 e. The van der Waals surface area contributed by atoms with Crippen molar-refractivity contribution in [1.82, 2.24) is 0 Å². The van der Waals surface area contributed by atoms with Crippen molar-refractivity contribution in [3.8, 4) is 0 Å². The molecule has 2 nitrogen and oxygen atoms in total. The molecule has 0 spiro atoms. The van der Waals surface area contributed by atoms with E-state index in [1.165, 1.54) is 6.08 Å². The van der Waals surface area contributed by atoms with Crippen molar-refractivity contribution in [2.24, 2.45) is 0 Å². The van der Waals surface area contributed by atoms with Gasteiger partial charge in [-0.1, -0.05) is 35.9 Å². The fraction of sp³-hybridized carbons (Fsp3) is 0.143. The smallest absolute Gasteiger partial charge is 0.193 e. The maximum absolute atomic E-state index is 12.0. The molecule has 0 atom stereocenters. The van der Waals surface area contributed by atoms with Gasteiger partial charge < -0.3 is 0 Å². The van der Waals surface area contributed by atoms with Gasteiger partial charge in [0.15, 0.2) is 11.6 Å². The van der Waals surface area contributed by atoms with Crippen molar-refractivity contribution in [1.29, 1.82) is 0 Å². The molecule has 1 aromatic rings. The van der Waals surface area contributed by atoms with Crippen molar-refractivity contribution in [3.05, 3.63) is 58.7 Å². The first kappa shape index (κ1) is 10.6. The average molecular weight is 212 g/mol. The van der Waals surface area contributed by atoms with Crippen molar-refractivity contribution >= 4 is 11.6 Å². The molecule has 0 unspecified atom stereocenters. The summed E-state index contributed by atoms with van der Waals surface area (Å²) in [6.45, 7) is 3.80. The Bertz CT molecular complexity index is 529. The number of Topliss-reactive ketones (excluding diaryl/α,β-unsaturated/α-hetero) is 1. The van der Waals surface area contributed by atoms with Crippen molar-refractivity contribution in [2.45, 2.75) is 13.8 Å². The Morgan fingerprint density at radius 3 is 2.31 bits per heavy atom. The summed E-state index contributed by atoms with van der Waals surface area (Å²) >= 11 is 0. The Labute approximate surface area is 94.3 Å². The first-order valence-electron chi connectivity index (χ1n) is 5.14. The quantitative estimate of drug-likeness (QED) is 0.717. The van der Waals surface area contributed by atoms with E-state index < -0.39 is 0 Å². The van der Waals surface area contributed by atoms with Crippen LogP contribution in [0.15, 0.2) is 47.6 Å². The molecule has 80 valence electrons. The lowest BCUT2D eigenvalue weighted by Gasteiger charge is -2.12. The van der Waals surface area contributed by atoms with Gasteiger partial charge in [0, 0.05) is 16.7 Å². The minimum atomic E-state index is -0.0947. The molecule has 0 saturated carbocycles. The zero-order chi connectivity index (χ0) is 11.7. The number of rotatable bonds is 1. The van der Waals surface area contributed by atoms with Crippen LogP contribution >= 0.6 is 0 Å². The normalized spacial score (nSPS) is 14.2. The fourth-order valence-corrected chi connectivity index (χ4v) is 1.75. The Hall–Kier alpha value is -1.96. The summed E-state index contributed by atoms with van der Waals surface area (Å²) in [6, 6.07) is 6.92. The second-order valence-corrected chi connectivity index (χ2v) is 4.06. The summed E-state index contributed by atoms with van der Waals surface area (Å²) in [5, 5.41) is 0. The van der Waals surface area contributed by atoms with Crippen LogP contribution in [0.4, 0.5) is 0 Å². The maximum atomic E-state index is 12.0. The molecule has 1 aliphatic rings. The molecule has 0 saturated heterocycles. The molecule has 0 amide bonds. The van der Waals surface area contributed by atoms with Crippen LogP contribution in [0.3, 0.4) is 0 Å². The summed E-state index contributed by atoms with van der Waals surface area (Å²) in [5.41, 5.74) is 2.48. The highest BCUT2D eigenvalue weighted by molar-refractivity contribution is 6.25. The van der Waals surface area contributed by atoms with Gasteiger partial charge in [-0.25, -0.2) is 0 Å². The molecule has 1 aromatic carbocycles. The van der Waals surface area contributed by atoms with Crippen molar-refractivity contribution in [3.63, 3.8) is 0 Å². The Kier molecular flexibility index (Phi) is 2.57. The van der Waals surface area contributed by atoms with Crippen LogP contribution in [-0.2, 0) is 0 Å². The molecule has 16 heavy (non-hydrogen) atoms. The standard InChI is InChI=1S/C14H12O2/c1-9(2)7-10-8-13(15)11-5-3-4-6-12(11)14(10)16/h3-8H,1-2H3. The lowest BCUT2D eigenvalue weighted by atomic mass is 9.89. The summed E-state index contributed by atoms with van der Waals surface area (Å²) < 4.78 is 0. The zero-order valence-electron chi connectivity index (χ0n) is 9.28. The number of fused-ring (bicyclic) bond motifs is 1. The average Bonchev–Trinajstić information content (AvgIpc) is 2.25. The second kappa shape index (κ2) is 3.89. The van der Waals surface area contributed by atoms with Crippen molar-refractivity contribution in [2.75, 3.05) is 0 Å². The minimum absolute atomic E-state index is 0.0728. The van der Waals surface area contributed by atoms with E-state index in [0.29, 0.717) is 16.7 Å². The van der Waals surface area contributed by atoms with Crippen LogP contribution in [0, 0.1) is 0 Å². The summed E-state index contributed by atoms with van der Waals surface area (Å²) in [6.07, 6.45) is 3.16. The second-order valence-electron chi connectivity index (χ2n) is 4.06. The first-order valence-corrected chi connectivity index (χ1v) is 5.14. The van der Waals surface area contributed by atoms with E-state index in [9.17, 15) is 9.59 Å². The lowest BCUT2D eigenvalue weighted by molar-refractivity contribution is 0.0987. The molecule has 0 aliphatic heterocycles. The Morgan fingerprint density at radius 1 is 1.06 bits per heavy atom. The van der Waals surface area contributed by atoms with Gasteiger partial charge in [0.25, 0.3) is 0 Å². The first-order chi connectivity index (χ1) is 7.59. The monoisotopic (exact) mass is 212 g/mol. The molecule has 0 fully saturated rings. The molecular weight excluding hydrogens is 200 g/mol. The third-order valence-corrected chi connectivity index (χ3v) is 2.43. The third-order valence-electron chi connectivity index (χ3n) is 2.43. The van der Waals surface area contributed by atoms with Gasteiger partial charge in [0.1, 0.15) is 0 Å². The third kappa shape index (κ3) is 1.74. The van der Waals surface area contributed by atoms with Crippen LogP contribution in [0.25, 0.3) is 0 Å². The predicted molar refractivity (Wildman–Crippen MR) is 62.6 cm³/mol. The Morgan fingerprint density at radius 2 is 1.69 bits per heavy atom. The fourth-order valence-electron chi connectivity index (χ4n) is 1.75. The van der Waals surface area contributed by atoms with E-state index in [1.807, 2.05) is 13.8 Å². The molecule has 0 radical (unpaired) electrons. The largest absolute Gasteiger partial charge is 0.289 e. The number of allylic oxidation sites excluding steroid dienone is 4. The molecule has 0 N–H and O–H groups in total. The summed E-state index contributed by atoms with van der Waals surface area (Å²) in [5.74, 6) is -0.167. The zero-order valence-corrected chi connectivity index (χ0v) is 9.28. The van der Waals surface area contributed by atoms with Crippen LogP contribution in [0.5, 0.6) is 0 Å². The number of hydrogen-bond acceptors (Lipinski definition) is 2. The molecular formula is C14H12O2. The van der Waals surface area contributed by atoms with E-state index in [0.717, 1.165) is 5.57 Å². The van der Waals surface area contributed by atoms with Gasteiger partial charge >= 0.3 is 0 Å². The van der Waals surface area contributed by atoms with E-state index in [4.69, 9.17) is 0 Å². The molecule has 2 rings (SSSR count). The van der Waals surface area contributed by atoms with Gasteiger partial charge in [0.2, 0.25) is 0 Å². The molecule has 2 heteroatoms. The number of benzene rings is 1. The number of ketones is 2. The lowest BCUT2D eigenvalue weighted by Crippen LogP contribution is -2.15. The van der Waals surface area contributed by atoms with Gasteiger partial charge in [-0.3, -0.25) is 9.59 Å². The minimum Gasteiger partial charge on any atom is -0.289 e. The van der Waals surface area contributed by atoms with Crippen molar-refractivity contribution < 1.29 is 9.59 Å². The number of carbonyl (C=O) groups is 2. The number of hydrogen-bond donors (Lipinski definition) is 0. The van der Waals surface area contributed by atoms with Gasteiger partial charge in [-0.15, -0.1) is 0 Å². The predicted octanol–water partition coefficient (Wildman–Crippen LogP) is 2.96. The van der Waals surface area contributed by atoms with Gasteiger partial charge in [-0.05, 0) is 19.9 Å². The van der Waals surface area contributed by atoms with E-state index in [1.54, 1.807) is 30.3 Å². The van der Waals surface area contributed by atoms with Crippen LogP contribution in [-0.4, -0.2) is 11.6 Å². The topological polar surface area (TPSA) is 34.1 Å². The van der Waals surface area contributed by atoms with E-state index >= 15 is 0 Å². The Balaban J connectivity index is 2.56. The van der Waals surface area contributed by atoms with Gasteiger partial charge in [-0.2, -0.15) is 0 Å². The van der Waals surface area contributed by atoms with E-state index in [2.05, 4.69) is 0 Å². The van der Waals surface area contributed by atoms with Crippen LogP contribution in [0.1, 0.15) is 34.6 Å². The van der Waals surface area contributed by atoms with Crippen LogP contribution < -0.4 is 0 Å². The molecule has 1 aliphatic carbocycles. The summed E-state index contributed by atoms with van der Waals surface area (Å²) in [4.78, 5) is 23.8. The van der Waals surface area contributed by atoms with Crippen LogP contribution in [0.2, 0.25) is 0 Å². The van der Waals surface area contributed by atoms with E-state index in [-0.39, 0.29) is 11.6 Å². The molecule has 0 aromatic heterocycles. The molecule has 0 bridgehead atoms. The SMILES string of the molecule is CC(C)=CC1=CC(=O)c2ccccc2C1=O. The van der Waals surface area contributed by atoms with Gasteiger partial charge in [0.05, 0.1) is 0 Å².